The lowest BCUT2D eigenvalue weighted by atomic mass is 10.1. The SMILES string of the molecule is C[C@H](c1ccccc1F)n1cc(C(=O)NCC[NH+]2CCOCC2)nn1. The molecule has 1 amide bonds. The van der Waals surface area contributed by atoms with Crippen LogP contribution in [0, 0.1) is 5.82 Å². The Morgan fingerprint density at radius 1 is 1.40 bits per heavy atom. The quantitative estimate of drug-likeness (QED) is 0.750. The van der Waals surface area contributed by atoms with Crippen LogP contribution in [0.5, 0.6) is 0 Å². The maximum atomic E-state index is 13.9. The Morgan fingerprint density at radius 3 is 2.92 bits per heavy atom. The molecule has 1 aliphatic rings. The number of nitrogens with zero attached hydrogens (tertiary/aromatic N) is 3. The summed E-state index contributed by atoms with van der Waals surface area (Å²) in [4.78, 5) is 13.6. The van der Waals surface area contributed by atoms with E-state index >= 15 is 0 Å². The van der Waals surface area contributed by atoms with Gasteiger partial charge in [-0.25, -0.2) is 9.07 Å². The minimum Gasteiger partial charge on any atom is -0.370 e. The van der Waals surface area contributed by atoms with Crippen molar-refractivity contribution in [2.24, 2.45) is 0 Å². The highest BCUT2D eigenvalue weighted by Crippen LogP contribution is 2.19. The van der Waals surface area contributed by atoms with Crippen LogP contribution in [0.2, 0.25) is 0 Å². The van der Waals surface area contributed by atoms with Crippen molar-refractivity contribution in [1.82, 2.24) is 20.3 Å². The predicted octanol–water partition coefficient (Wildman–Crippen LogP) is -0.329. The van der Waals surface area contributed by atoms with E-state index in [4.69, 9.17) is 4.74 Å². The first-order valence-corrected chi connectivity index (χ1v) is 8.51. The number of benzene rings is 1. The first-order chi connectivity index (χ1) is 12.1. The first-order valence-electron chi connectivity index (χ1n) is 8.51. The van der Waals surface area contributed by atoms with Gasteiger partial charge in [0.15, 0.2) is 5.69 Å². The molecule has 25 heavy (non-hydrogen) atoms. The summed E-state index contributed by atoms with van der Waals surface area (Å²) in [6.07, 6.45) is 1.55. The number of carbonyl (C=O) groups is 1. The van der Waals surface area contributed by atoms with E-state index in [2.05, 4.69) is 15.6 Å². The molecule has 134 valence electrons. The van der Waals surface area contributed by atoms with E-state index < -0.39 is 0 Å². The number of carbonyl (C=O) groups excluding carboxylic acids is 1. The maximum absolute atomic E-state index is 13.9. The lowest BCUT2D eigenvalue weighted by Gasteiger charge is -2.23. The molecule has 3 rings (SSSR count). The van der Waals surface area contributed by atoms with Crippen LogP contribution < -0.4 is 10.2 Å². The molecular formula is C17H23FN5O2+. The Balaban J connectivity index is 1.55. The zero-order valence-corrected chi connectivity index (χ0v) is 14.2. The van der Waals surface area contributed by atoms with E-state index in [9.17, 15) is 9.18 Å². The standard InChI is InChI=1S/C17H22FN5O2/c1-13(14-4-2-3-5-15(14)18)23-12-16(20-21-23)17(24)19-6-7-22-8-10-25-11-9-22/h2-5,12-13H,6-11H2,1H3,(H,19,24)/p+1/t13-/m1/s1. The van der Waals surface area contributed by atoms with Crippen LogP contribution in [0.3, 0.4) is 0 Å². The Bertz CT molecular complexity index is 715. The molecule has 1 aliphatic heterocycles. The molecule has 1 saturated heterocycles. The normalized spacial score (nSPS) is 16.6. The van der Waals surface area contributed by atoms with E-state index in [0.29, 0.717) is 12.1 Å². The van der Waals surface area contributed by atoms with Gasteiger partial charge in [-0.3, -0.25) is 4.79 Å². The maximum Gasteiger partial charge on any atom is 0.273 e. The Labute approximate surface area is 145 Å². The molecule has 0 radical (unpaired) electrons. The molecule has 0 saturated carbocycles. The molecule has 0 aliphatic carbocycles. The lowest BCUT2D eigenvalue weighted by molar-refractivity contribution is -0.906. The van der Waals surface area contributed by atoms with Crippen molar-refractivity contribution in [1.29, 1.82) is 0 Å². The second kappa shape index (κ2) is 8.17. The molecule has 0 bridgehead atoms. The van der Waals surface area contributed by atoms with Gasteiger partial charge in [0.25, 0.3) is 5.91 Å². The molecule has 2 aromatic rings. The highest BCUT2D eigenvalue weighted by atomic mass is 19.1. The molecule has 1 aromatic heterocycles. The third-order valence-electron chi connectivity index (χ3n) is 4.46. The molecule has 7 nitrogen and oxygen atoms in total. The highest BCUT2D eigenvalue weighted by molar-refractivity contribution is 5.91. The van der Waals surface area contributed by atoms with Crippen LogP contribution >= 0.6 is 0 Å². The molecule has 2 N–H and O–H groups in total. The number of hydrogen-bond donors (Lipinski definition) is 2. The topological polar surface area (TPSA) is 73.5 Å². The van der Waals surface area contributed by atoms with Gasteiger partial charge in [0.05, 0.1) is 38.5 Å². The van der Waals surface area contributed by atoms with E-state index in [0.717, 1.165) is 32.8 Å². The second-order valence-corrected chi connectivity index (χ2v) is 6.15. The summed E-state index contributed by atoms with van der Waals surface area (Å²) in [7, 11) is 0. The van der Waals surface area contributed by atoms with E-state index in [1.54, 1.807) is 24.4 Å². The number of aromatic nitrogens is 3. The molecule has 2 heterocycles. The summed E-state index contributed by atoms with van der Waals surface area (Å²) in [5.41, 5.74) is 0.746. The highest BCUT2D eigenvalue weighted by Gasteiger charge is 2.18. The zero-order valence-electron chi connectivity index (χ0n) is 14.2. The number of amides is 1. The number of hydrogen-bond acceptors (Lipinski definition) is 4. The van der Waals surface area contributed by atoms with Crippen molar-refractivity contribution < 1.29 is 18.8 Å². The van der Waals surface area contributed by atoms with Crippen molar-refractivity contribution in [3.05, 3.63) is 47.5 Å². The van der Waals surface area contributed by atoms with Crippen molar-refractivity contribution in [2.75, 3.05) is 39.4 Å². The monoisotopic (exact) mass is 348 g/mol. The van der Waals surface area contributed by atoms with Gasteiger partial charge in [-0.1, -0.05) is 23.4 Å². The van der Waals surface area contributed by atoms with Gasteiger partial charge in [-0.15, -0.1) is 5.10 Å². The summed E-state index contributed by atoms with van der Waals surface area (Å²) in [5, 5.41) is 10.7. The number of halogens is 1. The van der Waals surface area contributed by atoms with Gasteiger partial charge in [0.1, 0.15) is 18.9 Å². The van der Waals surface area contributed by atoms with E-state index in [1.807, 2.05) is 6.92 Å². The molecule has 0 unspecified atom stereocenters. The van der Waals surface area contributed by atoms with Crippen molar-refractivity contribution in [3.8, 4) is 0 Å². The first kappa shape index (κ1) is 17.5. The van der Waals surface area contributed by atoms with E-state index in [1.165, 1.54) is 15.6 Å². The Kier molecular flexibility index (Phi) is 5.72. The lowest BCUT2D eigenvalue weighted by Crippen LogP contribution is -3.14. The van der Waals surface area contributed by atoms with Gasteiger partial charge in [-0.2, -0.15) is 0 Å². The molecule has 1 aromatic carbocycles. The Morgan fingerprint density at radius 2 is 2.16 bits per heavy atom. The molecule has 1 atom stereocenters. The largest absolute Gasteiger partial charge is 0.370 e. The third-order valence-corrected chi connectivity index (χ3v) is 4.46. The van der Waals surface area contributed by atoms with Gasteiger partial charge in [0.2, 0.25) is 0 Å². The number of quaternary nitrogens is 1. The van der Waals surface area contributed by atoms with Crippen LogP contribution in [0.1, 0.15) is 29.0 Å². The summed E-state index contributed by atoms with van der Waals surface area (Å²) in [6.45, 7) is 6.71. The summed E-state index contributed by atoms with van der Waals surface area (Å²) in [5.74, 6) is -0.565. The summed E-state index contributed by atoms with van der Waals surface area (Å²) >= 11 is 0. The average Bonchev–Trinajstić information content (AvgIpc) is 3.13. The fraction of sp³-hybridized carbons (Fsp3) is 0.471. The minimum absolute atomic E-state index is 0.236. The van der Waals surface area contributed by atoms with Crippen LogP contribution in [0.15, 0.2) is 30.5 Å². The number of morpholine rings is 1. The molecule has 0 spiro atoms. The second-order valence-electron chi connectivity index (χ2n) is 6.15. The van der Waals surface area contributed by atoms with Gasteiger partial charge >= 0.3 is 0 Å². The van der Waals surface area contributed by atoms with Gasteiger partial charge < -0.3 is 15.0 Å². The van der Waals surface area contributed by atoms with Crippen molar-refractivity contribution in [2.45, 2.75) is 13.0 Å². The van der Waals surface area contributed by atoms with Crippen molar-refractivity contribution >= 4 is 5.91 Å². The van der Waals surface area contributed by atoms with Crippen LogP contribution in [-0.4, -0.2) is 60.3 Å². The number of rotatable bonds is 6. The predicted molar refractivity (Wildman–Crippen MR) is 89.0 cm³/mol. The molecule has 8 heteroatoms. The smallest absolute Gasteiger partial charge is 0.273 e. The van der Waals surface area contributed by atoms with E-state index in [-0.39, 0.29) is 23.5 Å². The third kappa shape index (κ3) is 4.40. The fourth-order valence-corrected chi connectivity index (χ4v) is 2.88. The molecule has 1 fully saturated rings. The van der Waals surface area contributed by atoms with Gasteiger partial charge in [0, 0.05) is 5.56 Å². The Hall–Kier alpha value is -2.32. The minimum atomic E-state index is -0.340. The number of ether oxygens (including phenoxy) is 1. The fourth-order valence-electron chi connectivity index (χ4n) is 2.88. The van der Waals surface area contributed by atoms with Crippen LogP contribution in [0.25, 0.3) is 0 Å². The average molecular weight is 348 g/mol. The van der Waals surface area contributed by atoms with Crippen LogP contribution in [-0.2, 0) is 4.74 Å². The van der Waals surface area contributed by atoms with Crippen molar-refractivity contribution in [3.63, 3.8) is 0 Å². The summed E-state index contributed by atoms with van der Waals surface area (Å²) in [6, 6.07) is 6.18. The summed E-state index contributed by atoms with van der Waals surface area (Å²) < 4.78 is 20.7. The molecular weight excluding hydrogens is 325 g/mol. The van der Waals surface area contributed by atoms with Crippen LogP contribution in [0.4, 0.5) is 4.39 Å². The number of nitrogens with one attached hydrogen (secondary N) is 2. The zero-order chi connectivity index (χ0) is 17.6. The van der Waals surface area contributed by atoms with Gasteiger partial charge in [-0.05, 0) is 13.0 Å².